The number of aryl methyl sites for hydroxylation is 1. The van der Waals surface area contributed by atoms with Crippen LogP contribution in [0.2, 0.25) is 0 Å². The molecule has 0 spiro atoms. The summed E-state index contributed by atoms with van der Waals surface area (Å²) in [6, 6.07) is 10.4. The maximum atomic E-state index is 12.6. The van der Waals surface area contributed by atoms with Crippen molar-refractivity contribution in [1.82, 2.24) is 9.97 Å². The molecule has 0 fully saturated rings. The third kappa shape index (κ3) is 4.75. The van der Waals surface area contributed by atoms with Crippen molar-refractivity contribution in [3.05, 3.63) is 53.9 Å². The van der Waals surface area contributed by atoms with E-state index in [9.17, 15) is 9.59 Å². The number of anilines is 1. The van der Waals surface area contributed by atoms with Gasteiger partial charge < -0.3 is 19.2 Å². The number of methoxy groups -OCH3 is 1. The smallest absolute Gasteiger partial charge is 0.343 e. The van der Waals surface area contributed by atoms with Crippen LogP contribution in [0.1, 0.15) is 16.1 Å². The number of carbonyl (C=O) groups excluding carboxylic acids is 2. The molecular formula is C20H19N3O5S. The van der Waals surface area contributed by atoms with E-state index in [0.717, 1.165) is 0 Å². The van der Waals surface area contributed by atoms with Crippen molar-refractivity contribution in [3.8, 4) is 17.3 Å². The van der Waals surface area contributed by atoms with E-state index in [4.69, 9.17) is 13.9 Å². The van der Waals surface area contributed by atoms with Crippen LogP contribution >= 0.6 is 11.8 Å². The molecule has 1 N–H and O–H groups in total. The van der Waals surface area contributed by atoms with Crippen LogP contribution < -0.4 is 10.1 Å². The molecule has 8 nitrogen and oxygen atoms in total. The van der Waals surface area contributed by atoms with Crippen molar-refractivity contribution in [2.24, 2.45) is 0 Å². The van der Waals surface area contributed by atoms with E-state index in [-0.39, 0.29) is 5.56 Å². The van der Waals surface area contributed by atoms with Gasteiger partial charge in [-0.15, -0.1) is 11.8 Å². The molecule has 2 heterocycles. The molecule has 0 aliphatic rings. The summed E-state index contributed by atoms with van der Waals surface area (Å²) >= 11 is 1.28. The number of hydrogen-bond donors (Lipinski definition) is 1. The highest BCUT2D eigenvalue weighted by molar-refractivity contribution is 7.98. The first-order valence-corrected chi connectivity index (χ1v) is 9.82. The Morgan fingerprint density at radius 1 is 1.17 bits per heavy atom. The quantitative estimate of drug-likeness (QED) is 0.356. The predicted molar refractivity (Wildman–Crippen MR) is 108 cm³/mol. The second-order valence-electron chi connectivity index (χ2n) is 5.82. The summed E-state index contributed by atoms with van der Waals surface area (Å²) < 4.78 is 15.7. The Balaban J connectivity index is 1.71. The van der Waals surface area contributed by atoms with Crippen LogP contribution in [-0.4, -0.2) is 41.8 Å². The topological polar surface area (TPSA) is 104 Å². The summed E-state index contributed by atoms with van der Waals surface area (Å²) in [7, 11) is 1.50. The Bertz CT molecular complexity index is 1020. The van der Waals surface area contributed by atoms with Crippen LogP contribution in [0, 0.1) is 6.92 Å². The Morgan fingerprint density at radius 3 is 2.66 bits per heavy atom. The summed E-state index contributed by atoms with van der Waals surface area (Å²) in [6.45, 7) is 1.23. The minimum Gasteiger partial charge on any atom is -0.495 e. The highest BCUT2D eigenvalue weighted by Crippen LogP contribution is 2.26. The van der Waals surface area contributed by atoms with Crippen molar-refractivity contribution >= 4 is 29.3 Å². The molecule has 3 rings (SSSR count). The van der Waals surface area contributed by atoms with Gasteiger partial charge in [-0.3, -0.25) is 4.79 Å². The zero-order valence-electron chi connectivity index (χ0n) is 16.1. The first-order valence-electron chi connectivity index (χ1n) is 8.60. The number of benzene rings is 1. The normalized spacial score (nSPS) is 10.4. The number of para-hydroxylation sites is 2. The number of nitrogens with zero attached hydrogens (tertiary/aromatic N) is 2. The van der Waals surface area contributed by atoms with Gasteiger partial charge in [0.05, 0.1) is 24.8 Å². The number of rotatable bonds is 7. The molecule has 2 aromatic heterocycles. The van der Waals surface area contributed by atoms with Crippen LogP contribution in [-0.2, 0) is 9.53 Å². The summed E-state index contributed by atoms with van der Waals surface area (Å²) in [4.78, 5) is 33.5. The molecule has 0 saturated carbocycles. The van der Waals surface area contributed by atoms with Crippen LogP contribution in [0.25, 0.3) is 11.6 Å². The number of hydrogen-bond acceptors (Lipinski definition) is 8. The lowest BCUT2D eigenvalue weighted by Crippen LogP contribution is -2.22. The van der Waals surface area contributed by atoms with Gasteiger partial charge >= 0.3 is 5.97 Å². The molecule has 1 aromatic carbocycles. The molecule has 150 valence electrons. The lowest BCUT2D eigenvalue weighted by atomic mass is 10.2. The van der Waals surface area contributed by atoms with Crippen molar-refractivity contribution in [2.75, 3.05) is 25.3 Å². The van der Waals surface area contributed by atoms with Crippen LogP contribution in [0.3, 0.4) is 0 Å². The minimum absolute atomic E-state index is 0.220. The number of furan rings is 1. The molecule has 0 saturated heterocycles. The second-order valence-corrected chi connectivity index (χ2v) is 6.61. The molecule has 0 aliphatic carbocycles. The fourth-order valence-corrected chi connectivity index (χ4v) is 3.20. The van der Waals surface area contributed by atoms with Gasteiger partial charge in [-0.1, -0.05) is 12.1 Å². The van der Waals surface area contributed by atoms with E-state index in [0.29, 0.717) is 33.7 Å². The average molecular weight is 413 g/mol. The van der Waals surface area contributed by atoms with E-state index in [1.165, 1.54) is 25.1 Å². The predicted octanol–water partition coefficient (Wildman–Crippen LogP) is 3.57. The maximum Gasteiger partial charge on any atom is 0.343 e. The Hall–Kier alpha value is -3.33. The van der Waals surface area contributed by atoms with Crippen molar-refractivity contribution in [3.63, 3.8) is 0 Å². The van der Waals surface area contributed by atoms with Gasteiger partial charge in [-0.2, -0.15) is 0 Å². The van der Waals surface area contributed by atoms with Crippen LogP contribution in [0.15, 0.2) is 52.1 Å². The first kappa shape index (κ1) is 20.4. The summed E-state index contributed by atoms with van der Waals surface area (Å²) in [6.07, 6.45) is 3.31. The zero-order chi connectivity index (χ0) is 20.8. The van der Waals surface area contributed by atoms with Gasteiger partial charge in [0.15, 0.2) is 18.2 Å². The fraction of sp³-hybridized carbons (Fsp3) is 0.200. The summed E-state index contributed by atoms with van der Waals surface area (Å²) in [5.74, 6) is 0.226. The SMILES string of the molecule is COc1ccccc1NC(=O)COC(=O)c1c(C)nc(-c2ccco2)nc1SC. The van der Waals surface area contributed by atoms with Crippen molar-refractivity contribution in [2.45, 2.75) is 11.9 Å². The number of esters is 1. The molecular weight excluding hydrogens is 394 g/mol. The highest BCUT2D eigenvalue weighted by Gasteiger charge is 2.22. The molecule has 0 bridgehead atoms. The molecule has 29 heavy (non-hydrogen) atoms. The van der Waals surface area contributed by atoms with E-state index >= 15 is 0 Å². The summed E-state index contributed by atoms with van der Waals surface area (Å²) in [5.41, 5.74) is 1.15. The third-order valence-electron chi connectivity index (χ3n) is 3.91. The Kier molecular flexibility index (Phi) is 6.50. The van der Waals surface area contributed by atoms with Crippen molar-refractivity contribution < 1.29 is 23.5 Å². The Morgan fingerprint density at radius 2 is 1.97 bits per heavy atom. The van der Waals surface area contributed by atoms with Gasteiger partial charge in [-0.25, -0.2) is 14.8 Å². The van der Waals surface area contributed by atoms with Gasteiger partial charge in [-0.05, 0) is 37.4 Å². The lowest BCUT2D eigenvalue weighted by molar-refractivity contribution is -0.119. The fourth-order valence-electron chi connectivity index (χ4n) is 2.58. The van der Waals surface area contributed by atoms with E-state index < -0.39 is 18.5 Å². The lowest BCUT2D eigenvalue weighted by Gasteiger charge is -2.12. The number of amides is 1. The molecule has 0 unspecified atom stereocenters. The van der Waals surface area contributed by atoms with Gasteiger partial charge in [0.25, 0.3) is 5.91 Å². The number of nitrogens with one attached hydrogen (secondary N) is 1. The Labute approximate surface area is 171 Å². The second kappa shape index (κ2) is 9.24. The van der Waals surface area contributed by atoms with Crippen LogP contribution in [0.5, 0.6) is 5.75 Å². The minimum atomic E-state index is -0.673. The van der Waals surface area contributed by atoms with Crippen molar-refractivity contribution in [1.29, 1.82) is 0 Å². The van der Waals surface area contributed by atoms with E-state index in [2.05, 4.69) is 15.3 Å². The summed E-state index contributed by atoms with van der Waals surface area (Å²) in [5, 5.41) is 3.09. The maximum absolute atomic E-state index is 12.6. The van der Waals surface area contributed by atoms with Gasteiger partial charge in [0.2, 0.25) is 0 Å². The monoisotopic (exact) mass is 413 g/mol. The molecule has 9 heteroatoms. The average Bonchev–Trinajstić information content (AvgIpc) is 3.26. The zero-order valence-corrected chi connectivity index (χ0v) is 16.9. The largest absolute Gasteiger partial charge is 0.495 e. The van der Waals surface area contributed by atoms with Gasteiger partial charge in [0, 0.05) is 0 Å². The molecule has 0 atom stereocenters. The van der Waals surface area contributed by atoms with E-state index in [1.807, 2.05) is 0 Å². The molecule has 1 amide bonds. The number of carbonyl (C=O) groups is 2. The third-order valence-corrected chi connectivity index (χ3v) is 4.59. The number of ether oxygens (including phenoxy) is 2. The molecule has 3 aromatic rings. The van der Waals surface area contributed by atoms with Crippen LogP contribution in [0.4, 0.5) is 5.69 Å². The van der Waals surface area contributed by atoms with E-state index in [1.54, 1.807) is 49.6 Å². The van der Waals surface area contributed by atoms with Gasteiger partial charge in [0.1, 0.15) is 16.3 Å². The number of thioether (sulfide) groups is 1. The molecule has 0 radical (unpaired) electrons. The number of aromatic nitrogens is 2. The molecule has 0 aliphatic heterocycles. The standard InChI is InChI=1S/C20H19N3O5S/c1-12-17(19(29-3)23-18(21-12)15-9-6-10-27-15)20(25)28-11-16(24)22-13-7-4-5-8-14(13)26-2/h4-10H,11H2,1-3H3,(H,22,24). The highest BCUT2D eigenvalue weighted by atomic mass is 32.2. The first-order chi connectivity index (χ1) is 14.0.